The van der Waals surface area contributed by atoms with E-state index in [1.54, 1.807) is 0 Å². The van der Waals surface area contributed by atoms with E-state index in [4.69, 9.17) is 0 Å². The highest BCUT2D eigenvalue weighted by atomic mass is 79.9. The van der Waals surface area contributed by atoms with E-state index in [1.165, 1.54) is 23.1 Å². The predicted octanol–water partition coefficient (Wildman–Crippen LogP) is 6.65. The minimum Gasteiger partial charge on any atom is -0.377 e. The topological polar surface area (TPSA) is 12.0 Å². The van der Waals surface area contributed by atoms with Crippen LogP contribution in [0.15, 0.2) is 45.3 Å². The molecule has 0 radical (unpaired) electrons. The average molecular weight is 411 g/mol. The van der Waals surface area contributed by atoms with Gasteiger partial charge in [-0.3, -0.25) is 0 Å². The Labute approximate surface area is 144 Å². The van der Waals surface area contributed by atoms with Crippen LogP contribution >= 0.6 is 31.9 Å². The molecule has 112 valence electrons. The molecule has 1 atom stereocenters. The van der Waals surface area contributed by atoms with Crippen LogP contribution in [0.2, 0.25) is 0 Å². The van der Waals surface area contributed by atoms with E-state index < -0.39 is 0 Å². The molecule has 0 aromatic heterocycles. The summed E-state index contributed by atoms with van der Waals surface area (Å²) in [5, 5.41) is 3.58. The molecule has 1 N–H and O–H groups in total. The van der Waals surface area contributed by atoms with Crippen LogP contribution in [0, 0.1) is 6.92 Å². The second-order valence-corrected chi connectivity index (χ2v) is 7.17. The number of anilines is 1. The summed E-state index contributed by atoms with van der Waals surface area (Å²) in [7, 11) is 0. The first-order valence-electron chi connectivity index (χ1n) is 7.32. The molecule has 0 aliphatic rings. The molecule has 0 heterocycles. The van der Waals surface area contributed by atoms with Crippen LogP contribution in [0.3, 0.4) is 0 Å². The molecule has 0 saturated carbocycles. The summed E-state index contributed by atoms with van der Waals surface area (Å²) < 4.78 is 2.17. The summed E-state index contributed by atoms with van der Waals surface area (Å²) >= 11 is 7.28. The van der Waals surface area contributed by atoms with Crippen molar-refractivity contribution in [1.82, 2.24) is 0 Å². The van der Waals surface area contributed by atoms with Crippen molar-refractivity contribution in [2.45, 2.75) is 39.7 Å². The molecule has 3 heteroatoms. The second kappa shape index (κ2) is 7.46. The Morgan fingerprint density at radius 2 is 1.62 bits per heavy atom. The minimum atomic E-state index is 0.260. The molecule has 0 aliphatic carbocycles. The van der Waals surface area contributed by atoms with E-state index in [2.05, 4.69) is 94.3 Å². The number of rotatable bonds is 5. The maximum atomic E-state index is 3.64. The molecule has 0 amide bonds. The fourth-order valence-corrected chi connectivity index (χ4v) is 4.04. The highest BCUT2D eigenvalue weighted by Gasteiger charge is 2.11. The third-order valence-corrected chi connectivity index (χ3v) is 4.82. The van der Waals surface area contributed by atoms with Gasteiger partial charge in [-0.2, -0.15) is 0 Å². The standard InChI is InChI=1S/C18H21Br2N/c1-4-5-14-6-8-15(9-7-14)13(3)21-18-16(19)10-12(2)11-17(18)20/h6-11,13,21H,4-5H2,1-3H3. The minimum absolute atomic E-state index is 0.260. The number of benzene rings is 2. The van der Waals surface area contributed by atoms with Crippen LogP contribution in [0.5, 0.6) is 0 Å². The lowest BCUT2D eigenvalue weighted by Gasteiger charge is -2.19. The summed E-state index contributed by atoms with van der Waals surface area (Å²) in [5.41, 5.74) is 5.04. The third kappa shape index (κ3) is 4.33. The van der Waals surface area contributed by atoms with Gasteiger partial charge in [-0.25, -0.2) is 0 Å². The van der Waals surface area contributed by atoms with Crippen molar-refractivity contribution in [3.8, 4) is 0 Å². The van der Waals surface area contributed by atoms with Gasteiger partial charge < -0.3 is 5.32 Å². The van der Waals surface area contributed by atoms with Crippen LogP contribution in [0.1, 0.15) is 43.0 Å². The lowest BCUT2D eigenvalue weighted by Crippen LogP contribution is -2.08. The fraction of sp³-hybridized carbons (Fsp3) is 0.333. The van der Waals surface area contributed by atoms with Crippen molar-refractivity contribution < 1.29 is 0 Å². The highest BCUT2D eigenvalue weighted by Crippen LogP contribution is 2.34. The predicted molar refractivity (Wildman–Crippen MR) is 99.1 cm³/mol. The molecule has 0 spiro atoms. The summed E-state index contributed by atoms with van der Waals surface area (Å²) in [6, 6.07) is 13.4. The first-order valence-corrected chi connectivity index (χ1v) is 8.91. The SMILES string of the molecule is CCCc1ccc(C(C)Nc2c(Br)cc(C)cc2Br)cc1. The zero-order valence-corrected chi connectivity index (χ0v) is 15.9. The van der Waals surface area contributed by atoms with Crippen molar-refractivity contribution in [2.75, 3.05) is 5.32 Å². The number of halogens is 2. The Morgan fingerprint density at radius 3 is 2.14 bits per heavy atom. The molecule has 1 unspecified atom stereocenters. The monoisotopic (exact) mass is 409 g/mol. The molecule has 0 aliphatic heterocycles. The van der Waals surface area contributed by atoms with E-state index in [0.29, 0.717) is 0 Å². The normalized spacial score (nSPS) is 12.2. The van der Waals surface area contributed by atoms with Gasteiger partial charge in [0, 0.05) is 15.0 Å². The summed E-state index contributed by atoms with van der Waals surface area (Å²) in [6.45, 7) is 6.49. The largest absolute Gasteiger partial charge is 0.377 e. The Balaban J connectivity index is 2.16. The number of hydrogen-bond donors (Lipinski definition) is 1. The first-order chi connectivity index (χ1) is 10.0. The Bertz CT molecular complexity index is 582. The maximum absolute atomic E-state index is 3.64. The van der Waals surface area contributed by atoms with Gasteiger partial charge in [-0.05, 0) is 81.0 Å². The lowest BCUT2D eigenvalue weighted by atomic mass is 10.0. The van der Waals surface area contributed by atoms with Crippen LogP contribution in [0.25, 0.3) is 0 Å². The van der Waals surface area contributed by atoms with Gasteiger partial charge in [-0.15, -0.1) is 0 Å². The third-order valence-electron chi connectivity index (χ3n) is 3.57. The molecule has 1 nitrogen and oxygen atoms in total. The summed E-state index contributed by atoms with van der Waals surface area (Å²) in [5.74, 6) is 0. The van der Waals surface area contributed by atoms with Gasteiger partial charge in [-0.1, -0.05) is 37.6 Å². The number of hydrogen-bond acceptors (Lipinski definition) is 1. The lowest BCUT2D eigenvalue weighted by molar-refractivity contribution is 0.874. The van der Waals surface area contributed by atoms with Gasteiger partial charge >= 0.3 is 0 Å². The number of nitrogens with one attached hydrogen (secondary N) is 1. The van der Waals surface area contributed by atoms with Gasteiger partial charge in [0.25, 0.3) is 0 Å². The number of aryl methyl sites for hydroxylation is 2. The zero-order valence-electron chi connectivity index (χ0n) is 12.7. The van der Waals surface area contributed by atoms with Crippen molar-refractivity contribution in [3.05, 3.63) is 62.0 Å². The van der Waals surface area contributed by atoms with Crippen molar-refractivity contribution in [3.63, 3.8) is 0 Å². The molecule has 2 rings (SSSR count). The molecule has 0 fully saturated rings. The van der Waals surface area contributed by atoms with E-state index >= 15 is 0 Å². The zero-order chi connectivity index (χ0) is 15.4. The summed E-state index contributed by atoms with van der Waals surface area (Å²) in [4.78, 5) is 0. The van der Waals surface area contributed by atoms with Crippen molar-refractivity contribution in [2.24, 2.45) is 0 Å². The molecular formula is C18H21Br2N. The molecular weight excluding hydrogens is 390 g/mol. The van der Waals surface area contributed by atoms with Crippen LogP contribution in [-0.4, -0.2) is 0 Å². The highest BCUT2D eigenvalue weighted by molar-refractivity contribution is 9.11. The Hall–Kier alpha value is -0.800. The van der Waals surface area contributed by atoms with E-state index in [-0.39, 0.29) is 6.04 Å². The van der Waals surface area contributed by atoms with E-state index in [0.717, 1.165) is 21.1 Å². The quantitative estimate of drug-likeness (QED) is 0.581. The molecule has 0 saturated heterocycles. The maximum Gasteiger partial charge on any atom is 0.0633 e. The molecule has 2 aromatic carbocycles. The molecule has 0 bridgehead atoms. The van der Waals surface area contributed by atoms with E-state index in [9.17, 15) is 0 Å². The van der Waals surface area contributed by atoms with Gasteiger partial charge in [0.15, 0.2) is 0 Å². The molecule has 21 heavy (non-hydrogen) atoms. The second-order valence-electron chi connectivity index (χ2n) is 5.46. The smallest absolute Gasteiger partial charge is 0.0633 e. The van der Waals surface area contributed by atoms with Gasteiger partial charge in [0.2, 0.25) is 0 Å². The summed E-state index contributed by atoms with van der Waals surface area (Å²) in [6.07, 6.45) is 2.34. The van der Waals surface area contributed by atoms with Crippen LogP contribution < -0.4 is 5.32 Å². The van der Waals surface area contributed by atoms with Crippen molar-refractivity contribution >= 4 is 37.5 Å². The molecule has 2 aromatic rings. The van der Waals surface area contributed by atoms with Crippen LogP contribution in [-0.2, 0) is 6.42 Å². The van der Waals surface area contributed by atoms with Crippen LogP contribution in [0.4, 0.5) is 5.69 Å². The van der Waals surface area contributed by atoms with Crippen molar-refractivity contribution in [1.29, 1.82) is 0 Å². The first kappa shape index (κ1) is 16.6. The fourth-order valence-electron chi connectivity index (χ4n) is 2.40. The Kier molecular flexibility index (Phi) is 5.88. The van der Waals surface area contributed by atoms with E-state index in [1.807, 2.05) is 0 Å². The van der Waals surface area contributed by atoms with Gasteiger partial charge in [0.05, 0.1) is 5.69 Å². The average Bonchev–Trinajstić information content (AvgIpc) is 2.43. The Morgan fingerprint density at radius 1 is 1.05 bits per heavy atom. The van der Waals surface area contributed by atoms with Gasteiger partial charge in [0.1, 0.15) is 0 Å².